The first-order chi connectivity index (χ1) is 15.9. The average molecular weight is 448 g/mol. The van der Waals surface area contributed by atoms with Crippen molar-refractivity contribution in [3.05, 3.63) is 86.8 Å². The van der Waals surface area contributed by atoms with E-state index in [-0.39, 0.29) is 22.9 Å². The molecule has 8 nitrogen and oxygen atoms in total. The van der Waals surface area contributed by atoms with Crippen molar-refractivity contribution in [2.75, 3.05) is 17.2 Å². The Morgan fingerprint density at radius 1 is 1.15 bits per heavy atom. The average Bonchev–Trinajstić information content (AvgIpc) is 2.80. The Morgan fingerprint density at radius 2 is 1.91 bits per heavy atom. The molecule has 172 valence electrons. The Labute approximate surface area is 192 Å². The molecule has 0 bridgehead atoms. The van der Waals surface area contributed by atoms with E-state index in [2.05, 4.69) is 33.6 Å². The number of carbonyl (C=O) groups is 1. The minimum atomic E-state index is -0.875. The monoisotopic (exact) mass is 447 g/mol. The number of nitrogens with one attached hydrogen (secondary N) is 4. The molecule has 3 rings (SSSR count). The molecule has 1 unspecified atom stereocenters. The van der Waals surface area contributed by atoms with E-state index in [1.54, 1.807) is 12.1 Å². The molecule has 0 aliphatic heterocycles. The highest BCUT2D eigenvalue weighted by Crippen LogP contribution is 2.21. The van der Waals surface area contributed by atoms with E-state index >= 15 is 0 Å². The van der Waals surface area contributed by atoms with Crippen LogP contribution in [-0.2, 0) is 11.3 Å². The summed E-state index contributed by atoms with van der Waals surface area (Å²) in [6.07, 6.45) is 1.99. The first kappa shape index (κ1) is 23.7. The molecular weight excluding hydrogens is 418 g/mol. The quantitative estimate of drug-likeness (QED) is 0.223. The standard InChI is InChI=1S/C25H29N5O3/c1-16-10-11-18(13-17(16)2)15-28-25-29-21(14-26)22(23(31)30-25)27-12-6-9-20(24(32)33)19-7-4-3-5-8-19/h3-5,7-8,10-11,13-14,20,26-27H,6,9,12,15H2,1-2H3,(H,32,33)(H2,28,29,30,31). The van der Waals surface area contributed by atoms with Crippen LogP contribution in [0.5, 0.6) is 0 Å². The Hall–Kier alpha value is -3.94. The fourth-order valence-corrected chi connectivity index (χ4v) is 3.59. The highest BCUT2D eigenvalue weighted by atomic mass is 16.4. The van der Waals surface area contributed by atoms with Crippen molar-refractivity contribution >= 4 is 23.8 Å². The number of anilines is 2. The zero-order chi connectivity index (χ0) is 23.8. The summed E-state index contributed by atoms with van der Waals surface area (Å²) in [7, 11) is 0. The summed E-state index contributed by atoms with van der Waals surface area (Å²) in [5.41, 5.74) is 4.25. The van der Waals surface area contributed by atoms with Gasteiger partial charge in [0.25, 0.3) is 5.56 Å². The Kier molecular flexibility index (Phi) is 7.96. The van der Waals surface area contributed by atoms with Crippen LogP contribution < -0.4 is 16.2 Å². The zero-order valence-corrected chi connectivity index (χ0v) is 18.8. The van der Waals surface area contributed by atoms with Gasteiger partial charge in [0.05, 0.1) is 5.92 Å². The van der Waals surface area contributed by atoms with Crippen LogP contribution in [0.15, 0.2) is 53.3 Å². The van der Waals surface area contributed by atoms with E-state index < -0.39 is 11.9 Å². The van der Waals surface area contributed by atoms with Gasteiger partial charge in [0.1, 0.15) is 11.4 Å². The van der Waals surface area contributed by atoms with Gasteiger partial charge in [0.2, 0.25) is 5.95 Å². The fourth-order valence-electron chi connectivity index (χ4n) is 3.59. The van der Waals surface area contributed by atoms with Crippen molar-refractivity contribution in [1.29, 1.82) is 5.41 Å². The number of hydrogen-bond donors (Lipinski definition) is 5. The number of aliphatic carboxylic acids is 1. The Morgan fingerprint density at radius 3 is 2.58 bits per heavy atom. The lowest BCUT2D eigenvalue weighted by Crippen LogP contribution is -2.22. The molecule has 1 aromatic heterocycles. The second kappa shape index (κ2) is 11.1. The third kappa shape index (κ3) is 6.29. The van der Waals surface area contributed by atoms with Crippen molar-refractivity contribution in [3.8, 4) is 0 Å². The minimum absolute atomic E-state index is 0.202. The molecule has 8 heteroatoms. The van der Waals surface area contributed by atoms with Gasteiger partial charge in [-0.15, -0.1) is 0 Å². The first-order valence-electron chi connectivity index (χ1n) is 10.9. The van der Waals surface area contributed by atoms with Gasteiger partial charge in [-0.1, -0.05) is 48.5 Å². The summed E-state index contributed by atoms with van der Waals surface area (Å²) in [6, 6.07) is 15.2. The number of benzene rings is 2. The molecule has 0 spiro atoms. The van der Waals surface area contributed by atoms with Crippen LogP contribution in [-0.4, -0.2) is 33.8 Å². The summed E-state index contributed by atoms with van der Waals surface area (Å²) >= 11 is 0. The maximum atomic E-state index is 12.6. The van der Waals surface area contributed by atoms with Gasteiger partial charge in [-0.25, -0.2) is 4.98 Å². The third-order valence-corrected chi connectivity index (χ3v) is 5.59. The molecule has 0 fully saturated rings. The predicted octanol–water partition coefficient (Wildman–Crippen LogP) is 4.06. The number of hydrogen-bond acceptors (Lipinski definition) is 6. The number of aryl methyl sites for hydroxylation is 2. The lowest BCUT2D eigenvalue weighted by molar-refractivity contribution is -0.139. The maximum absolute atomic E-state index is 12.6. The molecule has 1 heterocycles. The largest absolute Gasteiger partial charge is 0.481 e. The van der Waals surface area contributed by atoms with Crippen LogP contribution in [0.3, 0.4) is 0 Å². The molecule has 5 N–H and O–H groups in total. The Balaban J connectivity index is 1.61. The summed E-state index contributed by atoms with van der Waals surface area (Å²) in [5.74, 6) is -1.19. The van der Waals surface area contributed by atoms with E-state index in [1.807, 2.05) is 37.3 Å². The molecule has 0 aliphatic carbocycles. The van der Waals surface area contributed by atoms with Crippen molar-refractivity contribution in [1.82, 2.24) is 9.97 Å². The smallest absolute Gasteiger partial charge is 0.310 e. The summed E-state index contributed by atoms with van der Waals surface area (Å²) < 4.78 is 0. The van der Waals surface area contributed by atoms with Gasteiger partial charge in [0, 0.05) is 19.3 Å². The lowest BCUT2D eigenvalue weighted by atomic mass is 9.94. The van der Waals surface area contributed by atoms with Crippen molar-refractivity contribution in [3.63, 3.8) is 0 Å². The predicted molar refractivity (Wildman–Crippen MR) is 131 cm³/mol. The summed E-state index contributed by atoms with van der Waals surface area (Å²) in [4.78, 5) is 31.3. The second-order valence-electron chi connectivity index (χ2n) is 7.96. The summed E-state index contributed by atoms with van der Waals surface area (Å²) in [5, 5.41) is 23.3. The van der Waals surface area contributed by atoms with Gasteiger partial charge < -0.3 is 21.1 Å². The first-order valence-corrected chi connectivity index (χ1v) is 10.9. The van der Waals surface area contributed by atoms with Crippen LogP contribution in [0.2, 0.25) is 0 Å². The minimum Gasteiger partial charge on any atom is -0.481 e. The molecule has 33 heavy (non-hydrogen) atoms. The molecule has 0 saturated carbocycles. The van der Waals surface area contributed by atoms with Crippen LogP contribution >= 0.6 is 0 Å². The molecular formula is C25H29N5O3. The number of carboxylic acids is 1. The molecule has 0 aliphatic rings. The molecule has 3 aromatic rings. The highest BCUT2D eigenvalue weighted by Gasteiger charge is 2.19. The molecule has 0 radical (unpaired) electrons. The number of aromatic amines is 1. The lowest BCUT2D eigenvalue weighted by Gasteiger charge is -2.14. The van der Waals surface area contributed by atoms with Gasteiger partial charge >= 0.3 is 5.97 Å². The molecule has 2 aromatic carbocycles. The van der Waals surface area contributed by atoms with Gasteiger partial charge in [-0.05, 0) is 48.9 Å². The topological polar surface area (TPSA) is 131 Å². The number of rotatable bonds is 11. The second-order valence-corrected chi connectivity index (χ2v) is 7.96. The number of aromatic nitrogens is 2. The van der Waals surface area contributed by atoms with E-state index in [0.29, 0.717) is 25.9 Å². The van der Waals surface area contributed by atoms with Gasteiger partial charge in [0.15, 0.2) is 0 Å². The van der Waals surface area contributed by atoms with E-state index in [1.165, 1.54) is 11.1 Å². The van der Waals surface area contributed by atoms with E-state index in [0.717, 1.165) is 17.3 Å². The van der Waals surface area contributed by atoms with Crippen LogP contribution in [0, 0.1) is 19.3 Å². The van der Waals surface area contributed by atoms with Crippen LogP contribution in [0.1, 0.15) is 46.7 Å². The zero-order valence-electron chi connectivity index (χ0n) is 18.8. The maximum Gasteiger partial charge on any atom is 0.310 e. The van der Waals surface area contributed by atoms with E-state index in [9.17, 15) is 14.7 Å². The van der Waals surface area contributed by atoms with Crippen LogP contribution in [0.25, 0.3) is 0 Å². The van der Waals surface area contributed by atoms with Crippen molar-refractivity contribution in [2.24, 2.45) is 0 Å². The number of H-pyrrole nitrogens is 1. The number of nitrogens with zero attached hydrogens (tertiary/aromatic N) is 1. The third-order valence-electron chi connectivity index (χ3n) is 5.59. The summed E-state index contributed by atoms with van der Waals surface area (Å²) in [6.45, 7) is 4.98. The Bertz CT molecular complexity index is 1170. The van der Waals surface area contributed by atoms with Crippen LogP contribution in [0.4, 0.5) is 11.6 Å². The molecule has 0 amide bonds. The van der Waals surface area contributed by atoms with Gasteiger partial charge in [-0.2, -0.15) is 0 Å². The van der Waals surface area contributed by atoms with Crippen molar-refractivity contribution < 1.29 is 9.90 Å². The molecule has 0 saturated heterocycles. The highest BCUT2D eigenvalue weighted by molar-refractivity contribution is 5.83. The van der Waals surface area contributed by atoms with E-state index in [4.69, 9.17) is 5.41 Å². The van der Waals surface area contributed by atoms with Crippen molar-refractivity contribution in [2.45, 2.75) is 39.2 Å². The molecule has 1 atom stereocenters. The normalized spacial score (nSPS) is 11.6. The SMILES string of the molecule is Cc1ccc(CNc2nc(C=N)c(NCCCC(C(=O)O)c3ccccc3)c(=O)[nH]2)cc1C. The number of carboxylic acid groups (broad SMARTS) is 1. The van der Waals surface area contributed by atoms with Gasteiger partial charge in [-0.3, -0.25) is 14.6 Å². The fraction of sp³-hybridized carbons (Fsp3) is 0.280.